The van der Waals surface area contributed by atoms with Gasteiger partial charge in [-0.05, 0) is 23.8 Å². The second-order valence-corrected chi connectivity index (χ2v) is 5.86. The summed E-state index contributed by atoms with van der Waals surface area (Å²) in [7, 11) is 0. The summed E-state index contributed by atoms with van der Waals surface area (Å²) >= 11 is 0. The first kappa shape index (κ1) is 16.4. The zero-order valence-electron chi connectivity index (χ0n) is 13.7. The minimum Gasteiger partial charge on any atom is -0.338 e. The Balaban J connectivity index is 1.34. The molecule has 3 rings (SSSR count). The van der Waals surface area contributed by atoms with Gasteiger partial charge in [0.15, 0.2) is 0 Å². The van der Waals surface area contributed by atoms with E-state index in [0.717, 1.165) is 51.8 Å². The third-order valence-corrected chi connectivity index (χ3v) is 4.22. The van der Waals surface area contributed by atoms with Crippen molar-refractivity contribution in [2.75, 3.05) is 44.2 Å². The molecule has 2 heterocycles. The lowest BCUT2D eigenvalue weighted by molar-refractivity contribution is 0.256. The van der Waals surface area contributed by atoms with Crippen LogP contribution in [0, 0.1) is 11.3 Å². The van der Waals surface area contributed by atoms with Crippen molar-refractivity contribution in [3.8, 4) is 6.07 Å². The third-order valence-electron chi connectivity index (χ3n) is 4.22. The van der Waals surface area contributed by atoms with Crippen LogP contribution in [0.15, 0.2) is 42.7 Å². The van der Waals surface area contributed by atoms with Crippen molar-refractivity contribution >= 4 is 5.95 Å². The SMILES string of the molecule is N#Cc1ccc(CNCCN2CCN(c3ncccn3)CC2)cc1. The second kappa shape index (κ2) is 8.39. The first-order valence-corrected chi connectivity index (χ1v) is 8.29. The quantitative estimate of drug-likeness (QED) is 0.808. The molecule has 24 heavy (non-hydrogen) atoms. The van der Waals surface area contributed by atoms with Gasteiger partial charge in [-0.3, -0.25) is 4.90 Å². The molecule has 1 aliphatic rings. The fourth-order valence-electron chi connectivity index (χ4n) is 2.79. The predicted molar refractivity (Wildman–Crippen MR) is 93.5 cm³/mol. The molecule has 2 aromatic rings. The smallest absolute Gasteiger partial charge is 0.225 e. The van der Waals surface area contributed by atoms with Crippen LogP contribution in [-0.4, -0.2) is 54.1 Å². The van der Waals surface area contributed by atoms with Crippen LogP contribution >= 0.6 is 0 Å². The normalized spacial score (nSPS) is 15.2. The van der Waals surface area contributed by atoms with Gasteiger partial charge in [0.05, 0.1) is 11.6 Å². The van der Waals surface area contributed by atoms with Gasteiger partial charge in [0.25, 0.3) is 0 Å². The number of rotatable bonds is 6. The monoisotopic (exact) mass is 322 g/mol. The topological polar surface area (TPSA) is 68.1 Å². The molecular formula is C18H22N6. The van der Waals surface area contributed by atoms with Crippen LogP contribution < -0.4 is 10.2 Å². The highest BCUT2D eigenvalue weighted by atomic mass is 15.3. The highest BCUT2D eigenvalue weighted by Crippen LogP contribution is 2.09. The van der Waals surface area contributed by atoms with Gasteiger partial charge in [-0.25, -0.2) is 9.97 Å². The van der Waals surface area contributed by atoms with Crippen molar-refractivity contribution in [2.24, 2.45) is 0 Å². The summed E-state index contributed by atoms with van der Waals surface area (Å²) in [5.41, 5.74) is 1.92. The third kappa shape index (κ3) is 4.51. The second-order valence-electron chi connectivity index (χ2n) is 5.86. The van der Waals surface area contributed by atoms with Crippen molar-refractivity contribution in [1.82, 2.24) is 20.2 Å². The van der Waals surface area contributed by atoms with Gasteiger partial charge in [0.1, 0.15) is 0 Å². The molecule has 0 unspecified atom stereocenters. The molecule has 1 aliphatic heterocycles. The highest BCUT2D eigenvalue weighted by molar-refractivity contribution is 5.31. The molecule has 0 atom stereocenters. The van der Waals surface area contributed by atoms with Gasteiger partial charge in [0.2, 0.25) is 5.95 Å². The van der Waals surface area contributed by atoms with E-state index in [1.165, 1.54) is 5.56 Å². The minimum absolute atomic E-state index is 0.707. The van der Waals surface area contributed by atoms with Crippen LogP contribution in [0.1, 0.15) is 11.1 Å². The van der Waals surface area contributed by atoms with Gasteiger partial charge >= 0.3 is 0 Å². The maximum Gasteiger partial charge on any atom is 0.225 e. The van der Waals surface area contributed by atoms with Crippen molar-refractivity contribution in [2.45, 2.75) is 6.54 Å². The van der Waals surface area contributed by atoms with Crippen LogP contribution in [0.5, 0.6) is 0 Å². The van der Waals surface area contributed by atoms with Crippen LogP contribution in [0.2, 0.25) is 0 Å². The number of nitrogens with zero attached hydrogens (tertiary/aromatic N) is 5. The van der Waals surface area contributed by atoms with E-state index in [-0.39, 0.29) is 0 Å². The van der Waals surface area contributed by atoms with Gasteiger partial charge in [-0.15, -0.1) is 0 Å². The highest BCUT2D eigenvalue weighted by Gasteiger charge is 2.17. The average Bonchev–Trinajstić information content (AvgIpc) is 2.67. The summed E-state index contributed by atoms with van der Waals surface area (Å²) in [6.07, 6.45) is 3.59. The molecule has 0 radical (unpaired) electrons. The number of hydrogen-bond donors (Lipinski definition) is 1. The van der Waals surface area contributed by atoms with Gasteiger partial charge in [0, 0.05) is 58.2 Å². The summed E-state index contributed by atoms with van der Waals surface area (Å²) in [4.78, 5) is 13.3. The lowest BCUT2D eigenvalue weighted by atomic mass is 10.1. The Morgan fingerprint density at radius 3 is 2.42 bits per heavy atom. The molecule has 0 spiro atoms. The Morgan fingerprint density at radius 1 is 1.04 bits per heavy atom. The largest absolute Gasteiger partial charge is 0.338 e. The number of aromatic nitrogens is 2. The number of hydrogen-bond acceptors (Lipinski definition) is 6. The van der Waals surface area contributed by atoms with Crippen LogP contribution in [-0.2, 0) is 6.54 Å². The van der Waals surface area contributed by atoms with E-state index in [9.17, 15) is 0 Å². The molecule has 0 aliphatic carbocycles. The molecule has 1 aromatic carbocycles. The van der Waals surface area contributed by atoms with Gasteiger partial charge < -0.3 is 10.2 Å². The van der Waals surface area contributed by atoms with E-state index in [2.05, 4.69) is 31.2 Å². The van der Waals surface area contributed by atoms with E-state index in [0.29, 0.717) is 5.56 Å². The summed E-state index contributed by atoms with van der Waals surface area (Å²) in [5, 5.41) is 12.3. The van der Waals surface area contributed by atoms with E-state index in [1.807, 2.05) is 30.3 Å². The molecule has 6 heteroatoms. The molecule has 0 bridgehead atoms. The number of nitriles is 1. The van der Waals surface area contributed by atoms with Crippen molar-refractivity contribution in [3.63, 3.8) is 0 Å². The maximum atomic E-state index is 8.80. The van der Waals surface area contributed by atoms with E-state index < -0.39 is 0 Å². The Kier molecular flexibility index (Phi) is 5.72. The molecule has 124 valence electrons. The Labute approximate surface area is 142 Å². The average molecular weight is 322 g/mol. The number of benzene rings is 1. The van der Waals surface area contributed by atoms with Crippen molar-refractivity contribution in [1.29, 1.82) is 5.26 Å². The minimum atomic E-state index is 0.707. The van der Waals surface area contributed by atoms with Crippen molar-refractivity contribution in [3.05, 3.63) is 53.9 Å². The first-order chi connectivity index (χ1) is 11.8. The number of piperazine rings is 1. The zero-order valence-corrected chi connectivity index (χ0v) is 13.7. The van der Waals surface area contributed by atoms with E-state index in [1.54, 1.807) is 12.4 Å². The van der Waals surface area contributed by atoms with Crippen LogP contribution in [0.25, 0.3) is 0 Å². The van der Waals surface area contributed by atoms with E-state index in [4.69, 9.17) is 5.26 Å². The summed E-state index contributed by atoms with van der Waals surface area (Å²) in [6.45, 7) is 6.86. The number of nitrogens with one attached hydrogen (secondary N) is 1. The molecule has 0 saturated carbocycles. The predicted octanol–water partition coefficient (Wildman–Crippen LogP) is 1.26. The summed E-state index contributed by atoms with van der Waals surface area (Å²) < 4.78 is 0. The molecule has 1 aromatic heterocycles. The van der Waals surface area contributed by atoms with Gasteiger partial charge in [-0.2, -0.15) is 5.26 Å². The molecule has 1 saturated heterocycles. The Morgan fingerprint density at radius 2 is 1.75 bits per heavy atom. The maximum absolute atomic E-state index is 8.80. The number of anilines is 1. The first-order valence-electron chi connectivity index (χ1n) is 8.29. The van der Waals surface area contributed by atoms with Crippen molar-refractivity contribution < 1.29 is 0 Å². The molecular weight excluding hydrogens is 300 g/mol. The zero-order chi connectivity index (χ0) is 16.6. The fraction of sp³-hybridized carbons (Fsp3) is 0.389. The van der Waals surface area contributed by atoms with Gasteiger partial charge in [-0.1, -0.05) is 12.1 Å². The van der Waals surface area contributed by atoms with Crippen LogP contribution in [0.3, 0.4) is 0 Å². The standard InChI is InChI=1S/C18H22N6/c19-14-16-2-4-17(5-3-16)15-20-8-9-23-10-12-24(13-11-23)18-21-6-1-7-22-18/h1-7,20H,8-13,15H2. The van der Waals surface area contributed by atoms with E-state index >= 15 is 0 Å². The lowest BCUT2D eigenvalue weighted by Crippen LogP contribution is -2.48. The molecule has 6 nitrogen and oxygen atoms in total. The summed E-state index contributed by atoms with van der Waals surface area (Å²) in [5.74, 6) is 0.830. The Hall–Kier alpha value is -2.49. The lowest BCUT2D eigenvalue weighted by Gasteiger charge is -2.34. The molecule has 1 fully saturated rings. The van der Waals surface area contributed by atoms with Crippen LogP contribution in [0.4, 0.5) is 5.95 Å². The Bertz CT molecular complexity index is 656. The summed E-state index contributed by atoms with van der Waals surface area (Å²) in [6, 6.07) is 11.7. The fourth-order valence-corrected chi connectivity index (χ4v) is 2.79. The molecule has 1 N–H and O–H groups in total. The molecule has 0 amide bonds.